The van der Waals surface area contributed by atoms with Gasteiger partial charge in [0.1, 0.15) is 0 Å². The molecule has 1 aromatic carbocycles. The molecule has 4 nitrogen and oxygen atoms in total. The van der Waals surface area contributed by atoms with E-state index in [1.807, 2.05) is 7.05 Å². The lowest BCUT2D eigenvalue weighted by Gasteiger charge is -2.24. The quantitative estimate of drug-likeness (QED) is 0.338. The molecule has 24 heavy (non-hydrogen) atoms. The zero-order chi connectivity index (χ0) is 16.3. The number of likely N-dealkylation sites (tertiary alicyclic amines) is 1. The van der Waals surface area contributed by atoms with Crippen LogP contribution in [-0.2, 0) is 6.54 Å². The van der Waals surface area contributed by atoms with E-state index < -0.39 is 0 Å². The Kier molecular flexibility index (Phi) is 6.54. The molecule has 0 amide bonds. The Morgan fingerprint density at radius 2 is 2.00 bits per heavy atom. The lowest BCUT2D eigenvalue weighted by atomic mass is 9.93. The molecule has 1 fully saturated rings. The number of halogens is 1. The van der Waals surface area contributed by atoms with E-state index in [1.54, 1.807) is 0 Å². The number of guanidine groups is 1. The standard InChI is InChI=1S/C19H28N4.HI/c1-19(2)9-12-23(15-19)18(20-3)21-14-16-7-6-8-17(13-16)22-10-4-5-11-22;/h4-8,13H,9-12,14-15H2,1-3H3,(H,20,21);1H. The summed E-state index contributed by atoms with van der Waals surface area (Å²) in [4.78, 5) is 9.21. The predicted molar refractivity (Wildman–Crippen MR) is 113 cm³/mol. The van der Waals surface area contributed by atoms with Gasteiger partial charge in [0.05, 0.1) is 0 Å². The average Bonchev–Trinajstić information content (AvgIpc) is 3.18. The van der Waals surface area contributed by atoms with Crippen LogP contribution in [0.3, 0.4) is 0 Å². The summed E-state index contributed by atoms with van der Waals surface area (Å²) in [5.41, 5.74) is 2.99. The van der Waals surface area contributed by atoms with Crippen LogP contribution < -0.4 is 10.2 Å². The van der Waals surface area contributed by atoms with Crippen LogP contribution in [0.4, 0.5) is 5.69 Å². The fourth-order valence-corrected chi connectivity index (χ4v) is 3.36. The van der Waals surface area contributed by atoms with Gasteiger partial charge in [-0.15, -0.1) is 24.0 Å². The third-order valence-electron chi connectivity index (χ3n) is 4.73. The van der Waals surface area contributed by atoms with Crippen molar-refractivity contribution in [3.63, 3.8) is 0 Å². The molecule has 0 radical (unpaired) electrons. The summed E-state index contributed by atoms with van der Waals surface area (Å²) in [6.45, 7) is 9.67. The number of benzene rings is 1. The average molecular weight is 440 g/mol. The van der Waals surface area contributed by atoms with Gasteiger partial charge in [0.2, 0.25) is 0 Å². The maximum Gasteiger partial charge on any atom is 0.193 e. The summed E-state index contributed by atoms with van der Waals surface area (Å²) in [7, 11) is 1.87. The van der Waals surface area contributed by atoms with Gasteiger partial charge in [0, 0.05) is 45.5 Å². The smallest absolute Gasteiger partial charge is 0.193 e. The van der Waals surface area contributed by atoms with Gasteiger partial charge in [-0.1, -0.05) is 38.1 Å². The molecule has 1 aromatic rings. The SMILES string of the molecule is CN=C(NCc1cccc(N2CC=CC2)c1)N1CCC(C)(C)C1.I. The summed E-state index contributed by atoms with van der Waals surface area (Å²) in [5.74, 6) is 1.02. The largest absolute Gasteiger partial charge is 0.364 e. The molecule has 0 atom stereocenters. The van der Waals surface area contributed by atoms with Gasteiger partial charge in [-0.25, -0.2) is 0 Å². The lowest BCUT2D eigenvalue weighted by molar-refractivity contribution is 0.370. The number of nitrogens with one attached hydrogen (secondary N) is 1. The summed E-state index contributed by atoms with van der Waals surface area (Å²) < 4.78 is 0. The van der Waals surface area contributed by atoms with E-state index in [0.29, 0.717) is 5.41 Å². The van der Waals surface area contributed by atoms with Crippen molar-refractivity contribution >= 4 is 35.6 Å². The first-order valence-electron chi connectivity index (χ1n) is 8.52. The highest BCUT2D eigenvalue weighted by atomic mass is 127. The molecular formula is C19H29IN4. The number of aliphatic imine (C=N–C) groups is 1. The third kappa shape index (κ3) is 4.65. The Morgan fingerprint density at radius 3 is 2.62 bits per heavy atom. The van der Waals surface area contributed by atoms with Crippen LogP contribution in [0.5, 0.6) is 0 Å². The molecule has 5 heteroatoms. The zero-order valence-electron chi connectivity index (χ0n) is 15.0. The number of anilines is 1. The molecular weight excluding hydrogens is 411 g/mol. The molecule has 0 aromatic heterocycles. The molecule has 0 saturated carbocycles. The summed E-state index contributed by atoms with van der Waals surface area (Å²) >= 11 is 0. The van der Waals surface area contributed by atoms with Gasteiger partial charge in [0.15, 0.2) is 5.96 Å². The van der Waals surface area contributed by atoms with E-state index in [-0.39, 0.29) is 24.0 Å². The molecule has 1 saturated heterocycles. The Hall–Kier alpha value is -1.24. The van der Waals surface area contributed by atoms with Crippen LogP contribution in [0.15, 0.2) is 41.4 Å². The minimum Gasteiger partial charge on any atom is -0.364 e. The fourth-order valence-electron chi connectivity index (χ4n) is 3.36. The molecule has 2 heterocycles. The molecule has 3 rings (SSSR count). The van der Waals surface area contributed by atoms with Crippen molar-refractivity contribution < 1.29 is 0 Å². The number of hydrogen-bond donors (Lipinski definition) is 1. The van der Waals surface area contributed by atoms with E-state index in [0.717, 1.165) is 38.7 Å². The summed E-state index contributed by atoms with van der Waals surface area (Å²) in [6, 6.07) is 8.79. The van der Waals surface area contributed by atoms with Crippen molar-refractivity contribution in [2.45, 2.75) is 26.8 Å². The Balaban J connectivity index is 0.00000208. The monoisotopic (exact) mass is 440 g/mol. The molecule has 0 bridgehead atoms. The summed E-state index contributed by atoms with van der Waals surface area (Å²) in [6.07, 6.45) is 5.68. The van der Waals surface area contributed by atoms with Gasteiger partial charge >= 0.3 is 0 Å². The van der Waals surface area contributed by atoms with Crippen LogP contribution in [-0.4, -0.2) is 44.1 Å². The Labute approximate surface area is 163 Å². The second-order valence-corrected chi connectivity index (χ2v) is 7.28. The minimum atomic E-state index is 0. The van der Waals surface area contributed by atoms with Crippen LogP contribution in [0.2, 0.25) is 0 Å². The molecule has 2 aliphatic rings. The van der Waals surface area contributed by atoms with Crippen LogP contribution in [0.25, 0.3) is 0 Å². The lowest BCUT2D eigenvalue weighted by Crippen LogP contribution is -2.40. The maximum atomic E-state index is 4.46. The number of hydrogen-bond acceptors (Lipinski definition) is 2. The first-order valence-corrected chi connectivity index (χ1v) is 8.52. The van der Waals surface area contributed by atoms with Crippen LogP contribution in [0.1, 0.15) is 25.8 Å². The Morgan fingerprint density at radius 1 is 1.25 bits per heavy atom. The molecule has 1 N–H and O–H groups in total. The van der Waals surface area contributed by atoms with Gasteiger partial charge in [-0.2, -0.15) is 0 Å². The number of nitrogens with zero attached hydrogens (tertiary/aromatic N) is 3. The van der Waals surface area contributed by atoms with Gasteiger partial charge in [-0.3, -0.25) is 4.99 Å². The summed E-state index contributed by atoms with van der Waals surface area (Å²) in [5, 5.41) is 3.53. The molecule has 0 unspecified atom stereocenters. The second-order valence-electron chi connectivity index (χ2n) is 7.28. The Bertz CT molecular complexity index is 601. The van der Waals surface area contributed by atoms with Crippen molar-refractivity contribution in [2.24, 2.45) is 10.4 Å². The molecule has 0 spiro atoms. The zero-order valence-corrected chi connectivity index (χ0v) is 17.3. The van der Waals surface area contributed by atoms with Crippen molar-refractivity contribution in [2.75, 3.05) is 38.1 Å². The van der Waals surface area contributed by atoms with E-state index in [1.165, 1.54) is 17.7 Å². The van der Waals surface area contributed by atoms with Crippen LogP contribution >= 0.6 is 24.0 Å². The fraction of sp³-hybridized carbons (Fsp3) is 0.526. The highest BCUT2D eigenvalue weighted by Gasteiger charge is 2.30. The van der Waals surface area contributed by atoms with E-state index in [9.17, 15) is 0 Å². The van der Waals surface area contributed by atoms with E-state index in [2.05, 4.69) is 70.4 Å². The van der Waals surface area contributed by atoms with Gasteiger partial charge in [0.25, 0.3) is 0 Å². The van der Waals surface area contributed by atoms with Gasteiger partial charge in [-0.05, 0) is 29.5 Å². The van der Waals surface area contributed by atoms with Gasteiger partial charge < -0.3 is 15.1 Å². The van der Waals surface area contributed by atoms with Crippen molar-refractivity contribution in [3.05, 3.63) is 42.0 Å². The first kappa shape index (κ1) is 19.1. The van der Waals surface area contributed by atoms with Crippen molar-refractivity contribution in [1.29, 1.82) is 0 Å². The highest BCUT2D eigenvalue weighted by Crippen LogP contribution is 2.28. The second kappa shape index (κ2) is 8.23. The van der Waals surface area contributed by atoms with E-state index in [4.69, 9.17) is 0 Å². The highest BCUT2D eigenvalue weighted by molar-refractivity contribution is 14.0. The van der Waals surface area contributed by atoms with Crippen molar-refractivity contribution in [1.82, 2.24) is 10.2 Å². The maximum absolute atomic E-state index is 4.46. The molecule has 0 aliphatic carbocycles. The third-order valence-corrected chi connectivity index (χ3v) is 4.73. The molecule has 2 aliphatic heterocycles. The van der Waals surface area contributed by atoms with Crippen LogP contribution in [0, 0.1) is 5.41 Å². The normalized spacial score (nSPS) is 19.5. The van der Waals surface area contributed by atoms with Crippen molar-refractivity contribution in [3.8, 4) is 0 Å². The number of rotatable bonds is 3. The van der Waals surface area contributed by atoms with E-state index >= 15 is 0 Å². The predicted octanol–water partition coefficient (Wildman–Crippen LogP) is 3.49. The first-order chi connectivity index (χ1) is 11.1. The topological polar surface area (TPSA) is 30.9 Å². The minimum absolute atomic E-state index is 0. The molecule has 132 valence electrons.